The molecule has 1 aliphatic rings. The highest BCUT2D eigenvalue weighted by atomic mass is 19.1. The van der Waals surface area contributed by atoms with Crippen LogP contribution in [0.1, 0.15) is 47.3 Å². The highest BCUT2D eigenvalue weighted by Crippen LogP contribution is 2.25. The summed E-state index contributed by atoms with van der Waals surface area (Å²) >= 11 is 0. The second-order valence-corrected chi connectivity index (χ2v) is 6.50. The van der Waals surface area contributed by atoms with Crippen LogP contribution in [0.15, 0.2) is 42.6 Å². The lowest BCUT2D eigenvalue weighted by Gasteiger charge is -2.29. The standard InChI is InChI=1S/C20H23FN2O/c1-15-6-9-17(14-22-15)20(24)23(19-4-2-3-5-19)13-12-16-7-10-18(21)11-8-16/h6-11,14,19H,2-5,12-13H2,1H3. The average Bonchev–Trinajstić information content (AvgIpc) is 3.11. The number of amides is 1. The molecule has 0 atom stereocenters. The van der Waals surface area contributed by atoms with Crippen LogP contribution in [0.25, 0.3) is 0 Å². The van der Waals surface area contributed by atoms with Crippen LogP contribution < -0.4 is 0 Å². The van der Waals surface area contributed by atoms with Gasteiger partial charge in [0.1, 0.15) is 5.82 Å². The summed E-state index contributed by atoms with van der Waals surface area (Å²) in [5.74, 6) is -0.176. The van der Waals surface area contributed by atoms with Gasteiger partial charge >= 0.3 is 0 Å². The number of rotatable bonds is 5. The molecule has 0 aliphatic heterocycles. The fourth-order valence-electron chi connectivity index (χ4n) is 3.33. The predicted octanol–water partition coefficient (Wildman–Crippen LogP) is 4.16. The van der Waals surface area contributed by atoms with Gasteiger partial charge in [0.2, 0.25) is 0 Å². The lowest BCUT2D eigenvalue weighted by Crippen LogP contribution is -2.40. The number of hydrogen-bond donors (Lipinski definition) is 0. The van der Waals surface area contributed by atoms with Crippen molar-refractivity contribution in [2.45, 2.75) is 45.1 Å². The lowest BCUT2D eigenvalue weighted by molar-refractivity contribution is 0.0683. The van der Waals surface area contributed by atoms with Gasteiger partial charge in [0.05, 0.1) is 5.56 Å². The zero-order chi connectivity index (χ0) is 16.9. The third-order valence-corrected chi connectivity index (χ3v) is 4.74. The molecule has 0 spiro atoms. The van der Waals surface area contributed by atoms with Crippen molar-refractivity contribution < 1.29 is 9.18 Å². The minimum atomic E-state index is -0.229. The number of halogens is 1. The minimum Gasteiger partial charge on any atom is -0.335 e. The Morgan fingerprint density at radius 1 is 1.17 bits per heavy atom. The summed E-state index contributed by atoms with van der Waals surface area (Å²) in [6.07, 6.45) is 6.89. The van der Waals surface area contributed by atoms with Gasteiger partial charge in [-0.1, -0.05) is 25.0 Å². The smallest absolute Gasteiger partial charge is 0.255 e. The molecule has 4 heteroatoms. The van der Waals surface area contributed by atoms with E-state index in [-0.39, 0.29) is 11.7 Å². The number of aryl methyl sites for hydroxylation is 1. The van der Waals surface area contributed by atoms with E-state index in [2.05, 4.69) is 4.98 Å². The van der Waals surface area contributed by atoms with Crippen LogP contribution in [0.2, 0.25) is 0 Å². The van der Waals surface area contributed by atoms with Crippen molar-refractivity contribution >= 4 is 5.91 Å². The van der Waals surface area contributed by atoms with Gasteiger partial charge < -0.3 is 4.90 Å². The van der Waals surface area contributed by atoms with E-state index >= 15 is 0 Å². The Bertz CT molecular complexity index is 676. The van der Waals surface area contributed by atoms with Crippen LogP contribution in [0.4, 0.5) is 4.39 Å². The summed E-state index contributed by atoms with van der Waals surface area (Å²) in [6.45, 7) is 2.57. The molecule has 1 aromatic carbocycles. The van der Waals surface area contributed by atoms with Crippen LogP contribution in [0, 0.1) is 12.7 Å². The molecule has 0 saturated heterocycles. The molecule has 1 aliphatic carbocycles. The van der Waals surface area contributed by atoms with Crippen LogP contribution in [-0.4, -0.2) is 28.4 Å². The molecule has 1 amide bonds. The summed E-state index contributed by atoms with van der Waals surface area (Å²) in [5.41, 5.74) is 2.60. The first kappa shape index (κ1) is 16.6. The Balaban J connectivity index is 1.74. The zero-order valence-electron chi connectivity index (χ0n) is 14.0. The minimum absolute atomic E-state index is 0.0523. The first-order valence-corrected chi connectivity index (χ1v) is 8.61. The van der Waals surface area contributed by atoms with Gasteiger partial charge in [-0.2, -0.15) is 0 Å². The summed E-state index contributed by atoms with van der Waals surface area (Å²) in [7, 11) is 0. The molecule has 1 aromatic heterocycles. The van der Waals surface area contributed by atoms with Gasteiger partial charge in [-0.3, -0.25) is 9.78 Å². The van der Waals surface area contributed by atoms with Gasteiger partial charge in [0.25, 0.3) is 5.91 Å². The maximum absolute atomic E-state index is 13.0. The van der Waals surface area contributed by atoms with Crippen LogP contribution in [0.3, 0.4) is 0 Å². The third kappa shape index (κ3) is 3.99. The SMILES string of the molecule is Cc1ccc(C(=O)N(CCc2ccc(F)cc2)C2CCCC2)cn1. The molecule has 0 bridgehead atoms. The number of hydrogen-bond acceptors (Lipinski definition) is 2. The second kappa shape index (κ2) is 7.56. The van der Waals surface area contributed by atoms with Crippen molar-refractivity contribution in [2.24, 2.45) is 0 Å². The maximum Gasteiger partial charge on any atom is 0.255 e. The van der Waals surface area contributed by atoms with Crippen LogP contribution in [0.5, 0.6) is 0 Å². The Labute approximate surface area is 142 Å². The van der Waals surface area contributed by atoms with Gasteiger partial charge in [0.15, 0.2) is 0 Å². The molecule has 24 heavy (non-hydrogen) atoms. The van der Waals surface area contributed by atoms with Crippen molar-refractivity contribution in [2.75, 3.05) is 6.54 Å². The lowest BCUT2D eigenvalue weighted by atomic mass is 10.1. The van der Waals surface area contributed by atoms with Crippen molar-refractivity contribution in [3.8, 4) is 0 Å². The Morgan fingerprint density at radius 3 is 2.50 bits per heavy atom. The van der Waals surface area contributed by atoms with Gasteiger partial charge in [-0.05, 0) is 56.0 Å². The second-order valence-electron chi connectivity index (χ2n) is 6.50. The topological polar surface area (TPSA) is 33.2 Å². The summed E-state index contributed by atoms with van der Waals surface area (Å²) in [6, 6.07) is 10.6. The van der Waals surface area contributed by atoms with E-state index in [9.17, 15) is 9.18 Å². The van der Waals surface area contributed by atoms with Gasteiger partial charge in [-0.15, -0.1) is 0 Å². The van der Waals surface area contributed by atoms with Crippen LogP contribution >= 0.6 is 0 Å². The zero-order valence-corrected chi connectivity index (χ0v) is 14.0. The molecular weight excluding hydrogens is 303 g/mol. The Kier molecular flexibility index (Phi) is 5.24. The summed E-state index contributed by atoms with van der Waals surface area (Å²) < 4.78 is 13.0. The third-order valence-electron chi connectivity index (χ3n) is 4.74. The highest BCUT2D eigenvalue weighted by Gasteiger charge is 2.27. The molecule has 0 radical (unpaired) electrons. The first-order chi connectivity index (χ1) is 11.6. The van der Waals surface area contributed by atoms with Crippen molar-refractivity contribution in [1.29, 1.82) is 0 Å². The number of aromatic nitrogens is 1. The first-order valence-electron chi connectivity index (χ1n) is 8.61. The molecule has 3 nitrogen and oxygen atoms in total. The molecule has 1 fully saturated rings. The number of carbonyl (C=O) groups is 1. The number of pyridine rings is 1. The van der Waals surface area contributed by atoms with Crippen LogP contribution in [-0.2, 0) is 6.42 Å². The number of nitrogens with zero attached hydrogens (tertiary/aromatic N) is 2. The molecule has 126 valence electrons. The molecule has 0 N–H and O–H groups in total. The molecule has 1 saturated carbocycles. The van der Waals surface area contributed by atoms with E-state index in [0.29, 0.717) is 18.2 Å². The van der Waals surface area contributed by atoms with Gasteiger partial charge in [-0.25, -0.2) is 4.39 Å². The largest absolute Gasteiger partial charge is 0.335 e. The predicted molar refractivity (Wildman–Crippen MR) is 92.4 cm³/mol. The van der Waals surface area contributed by atoms with Gasteiger partial charge in [0, 0.05) is 24.5 Å². The molecule has 1 heterocycles. The van der Waals surface area contributed by atoms with Crippen molar-refractivity contribution in [3.05, 3.63) is 65.2 Å². The number of carbonyl (C=O) groups excluding carboxylic acids is 1. The molecular formula is C20H23FN2O. The highest BCUT2D eigenvalue weighted by molar-refractivity contribution is 5.94. The van der Waals surface area contributed by atoms with E-state index in [0.717, 1.165) is 30.5 Å². The van der Waals surface area contributed by atoms with E-state index in [1.54, 1.807) is 18.3 Å². The Hall–Kier alpha value is -2.23. The molecule has 0 unspecified atom stereocenters. The molecule has 2 aromatic rings. The summed E-state index contributed by atoms with van der Waals surface area (Å²) in [4.78, 5) is 19.2. The summed E-state index contributed by atoms with van der Waals surface area (Å²) in [5, 5.41) is 0. The fraction of sp³-hybridized carbons (Fsp3) is 0.400. The maximum atomic E-state index is 13.0. The fourth-order valence-corrected chi connectivity index (χ4v) is 3.33. The van der Waals surface area contributed by atoms with E-state index < -0.39 is 0 Å². The Morgan fingerprint density at radius 2 is 1.88 bits per heavy atom. The van der Waals surface area contributed by atoms with E-state index in [1.165, 1.54) is 25.0 Å². The normalized spacial score (nSPS) is 14.8. The van der Waals surface area contributed by atoms with Crippen molar-refractivity contribution in [1.82, 2.24) is 9.88 Å². The quantitative estimate of drug-likeness (QED) is 0.827. The monoisotopic (exact) mass is 326 g/mol. The van der Waals surface area contributed by atoms with Crippen molar-refractivity contribution in [3.63, 3.8) is 0 Å². The van der Waals surface area contributed by atoms with E-state index in [4.69, 9.17) is 0 Å². The number of benzene rings is 1. The molecule has 3 rings (SSSR count). The average molecular weight is 326 g/mol. The van der Waals surface area contributed by atoms with E-state index in [1.807, 2.05) is 24.0 Å².